The lowest BCUT2D eigenvalue weighted by Gasteiger charge is -2.37. The van der Waals surface area contributed by atoms with E-state index in [2.05, 4.69) is 4.98 Å². The van der Waals surface area contributed by atoms with Crippen molar-refractivity contribution >= 4 is 11.9 Å². The van der Waals surface area contributed by atoms with Gasteiger partial charge in [0.05, 0.1) is 19.4 Å². The van der Waals surface area contributed by atoms with E-state index in [1.807, 2.05) is 54.4 Å². The first-order valence-corrected chi connectivity index (χ1v) is 8.95. The van der Waals surface area contributed by atoms with Crippen LogP contribution in [0.2, 0.25) is 0 Å². The minimum absolute atomic E-state index is 0.0558. The number of ether oxygens (including phenoxy) is 1. The highest BCUT2D eigenvalue weighted by Gasteiger charge is 2.32. The van der Waals surface area contributed by atoms with Crippen LogP contribution in [-0.2, 0) is 20.7 Å². The van der Waals surface area contributed by atoms with E-state index in [0.717, 1.165) is 29.5 Å². The van der Waals surface area contributed by atoms with Crippen LogP contribution < -0.4 is 0 Å². The van der Waals surface area contributed by atoms with Gasteiger partial charge in [-0.1, -0.05) is 30.3 Å². The number of esters is 1. The van der Waals surface area contributed by atoms with E-state index in [4.69, 9.17) is 4.74 Å². The van der Waals surface area contributed by atoms with Gasteiger partial charge in [0.1, 0.15) is 0 Å². The zero-order valence-corrected chi connectivity index (χ0v) is 15.2. The normalized spacial score (nSPS) is 19.8. The van der Waals surface area contributed by atoms with Crippen molar-refractivity contribution in [3.8, 4) is 11.1 Å². The summed E-state index contributed by atoms with van der Waals surface area (Å²) in [6, 6.07) is 12.0. The predicted octanol–water partition coefficient (Wildman–Crippen LogP) is 3.09. The summed E-state index contributed by atoms with van der Waals surface area (Å²) in [5.74, 6) is -0.385. The maximum absolute atomic E-state index is 12.8. The molecule has 1 aromatic carbocycles. The van der Waals surface area contributed by atoms with Crippen molar-refractivity contribution in [1.29, 1.82) is 0 Å². The Morgan fingerprint density at radius 3 is 2.58 bits per heavy atom. The van der Waals surface area contributed by atoms with Crippen molar-refractivity contribution < 1.29 is 14.3 Å². The fourth-order valence-corrected chi connectivity index (χ4v) is 3.44. The number of hydrogen-bond donors (Lipinski definition) is 0. The summed E-state index contributed by atoms with van der Waals surface area (Å²) >= 11 is 0. The Balaban J connectivity index is 1.66. The van der Waals surface area contributed by atoms with Crippen LogP contribution in [0.4, 0.5) is 0 Å². The molecule has 0 saturated carbocycles. The van der Waals surface area contributed by atoms with Crippen LogP contribution in [0, 0.1) is 5.92 Å². The highest BCUT2D eigenvalue weighted by Crippen LogP contribution is 2.24. The minimum atomic E-state index is -0.226. The van der Waals surface area contributed by atoms with Gasteiger partial charge in [-0.3, -0.25) is 14.6 Å². The number of aromatic nitrogens is 1. The summed E-state index contributed by atoms with van der Waals surface area (Å²) in [6.45, 7) is 2.48. The van der Waals surface area contributed by atoms with E-state index in [9.17, 15) is 9.59 Å². The van der Waals surface area contributed by atoms with E-state index in [0.29, 0.717) is 13.0 Å². The smallest absolute Gasteiger partial charge is 0.310 e. The van der Waals surface area contributed by atoms with Crippen molar-refractivity contribution in [2.24, 2.45) is 5.92 Å². The lowest BCUT2D eigenvalue weighted by Crippen LogP contribution is -2.48. The standard InChI is InChI=1S/C21H24N2O3/c1-15-5-8-19(21(25)26-2)14-23(15)20(24)12-16-6-9-17(10-7-16)18-4-3-11-22-13-18/h3-4,6-7,9-11,13,15,19H,5,8,12,14H2,1-2H3/t15-,19+/m1/s1. The van der Waals surface area contributed by atoms with Crippen LogP contribution in [0.3, 0.4) is 0 Å². The molecule has 0 spiro atoms. The Morgan fingerprint density at radius 2 is 1.92 bits per heavy atom. The predicted molar refractivity (Wildman–Crippen MR) is 99.3 cm³/mol. The quantitative estimate of drug-likeness (QED) is 0.794. The van der Waals surface area contributed by atoms with Crippen LogP contribution in [0.1, 0.15) is 25.3 Å². The second-order valence-electron chi connectivity index (χ2n) is 6.81. The van der Waals surface area contributed by atoms with Crippen molar-refractivity contribution in [2.45, 2.75) is 32.2 Å². The van der Waals surface area contributed by atoms with E-state index in [1.165, 1.54) is 7.11 Å². The highest BCUT2D eigenvalue weighted by molar-refractivity contribution is 5.81. The summed E-state index contributed by atoms with van der Waals surface area (Å²) in [4.78, 5) is 30.5. The summed E-state index contributed by atoms with van der Waals surface area (Å²) in [7, 11) is 1.40. The largest absolute Gasteiger partial charge is 0.469 e. The summed E-state index contributed by atoms with van der Waals surface area (Å²) in [5, 5.41) is 0. The van der Waals surface area contributed by atoms with Gasteiger partial charge in [-0.2, -0.15) is 0 Å². The van der Waals surface area contributed by atoms with E-state index >= 15 is 0 Å². The van der Waals surface area contributed by atoms with Gasteiger partial charge >= 0.3 is 5.97 Å². The second kappa shape index (κ2) is 8.13. The first kappa shape index (κ1) is 18.1. The Kier molecular flexibility index (Phi) is 5.66. The third kappa shape index (κ3) is 4.10. The number of amides is 1. The van der Waals surface area contributed by atoms with Crippen molar-refractivity contribution in [3.63, 3.8) is 0 Å². The molecule has 136 valence electrons. The first-order valence-electron chi connectivity index (χ1n) is 8.95. The molecule has 2 atom stereocenters. The molecule has 0 bridgehead atoms. The average Bonchev–Trinajstić information content (AvgIpc) is 2.69. The zero-order valence-electron chi connectivity index (χ0n) is 15.2. The van der Waals surface area contributed by atoms with Crippen molar-refractivity contribution in [3.05, 3.63) is 54.4 Å². The Labute approximate surface area is 154 Å². The third-order valence-corrected chi connectivity index (χ3v) is 5.04. The van der Waals surface area contributed by atoms with Gasteiger partial charge in [0.15, 0.2) is 0 Å². The number of carbonyl (C=O) groups is 2. The van der Waals surface area contributed by atoms with E-state index in [-0.39, 0.29) is 23.8 Å². The van der Waals surface area contributed by atoms with Gasteiger partial charge in [-0.15, -0.1) is 0 Å². The molecule has 0 unspecified atom stereocenters. The fourth-order valence-electron chi connectivity index (χ4n) is 3.44. The topological polar surface area (TPSA) is 59.5 Å². The number of hydrogen-bond acceptors (Lipinski definition) is 4. The van der Waals surface area contributed by atoms with Crippen LogP contribution in [0.5, 0.6) is 0 Å². The summed E-state index contributed by atoms with van der Waals surface area (Å²) in [5.41, 5.74) is 3.09. The average molecular weight is 352 g/mol. The molecule has 0 radical (unpaired) electrons. The summed E-state index contributed by atoms with van der Waals surface area (Å²) < 4.78 is 4.84. The fraction of sp³-hybridized carbons (Fsp3) is 0.381. The lowest BCUT2D eigenvalue weighted by molar-refractivity contribution is -0.150. The van der Waals surface area contributed by atoms with Crippen LogP contribution in [-0.4, -0.2) is 41.5 Å². The number of piperidine rings is 1. The first-order chi connectivity index (χ1) is 12.6. The maximum Gasteiger partial charge on any atom is 0.310 e. The molecule has 1 amide bonds. The molecular weight excluding hydrogens is 328 g/mol. The Bertz CT molecular complexity index is 759. The molecule has 0 N–H and O–H groups in total. The van der Waals surface area contributed by atoms with Gasteiger partial charge in [0.2, 0.25) is 5.91 Å². The number of carbonyl (C=O) groups excluding carboxylic acids is 2. The van der Waals surface area contributed by atoms with Gasteiger partial charge in [-0.05, 0) is 42.5 Å². The van der Waals surface area contributed by atoms with E-state index < -0.39 is 0 Å². The number of pyridine rings is 1. The second-order valence-corrected chi connectivity index (χ2v) is 6.81. The highest BCUT2D eigenvalue weighted by atomic mass is 16.5. The van der Waals surface area contributed by atoms with Gasteiger partial charge < -0.3 is 9.64 Å². The molecular formula is C21H24N2O3. The number of rotatable bonds is 4. The van der Waals surface area contributed by atoms with Gasteiger partial charge in [-0.25, -0.2) is 0 Å². The molecule has 2 aromatic rings. The molecule has 1 aromatic heterocycles. The molecule has 1 aliphatic rings. The van der Waals surface area contributed by atoms with Gasteiger partial charge in [0.25, 0.3) is 0 Å². The number of methoxy groups -OCH3 is 1. The van der Waals surface area contributed by atoms with Crippen LogP contribution >= 0.6 is 0 Å². The SMILES string of the molecule is COC(=O)[C@H]1CC[C@@H](C)N(C(=O)Cc2ccc(-c3cccnc3)cc2)C1. The molecule has 1 aliphatic heterocycles. The van der Waals surface area contributed by atoms with Crippen LogP contribution in [0.15, 0.2) is 48.8 Å². The molecule has 2 heterocycles. The Morgan fingerprint density at radius 1 is 1.15 bits per heavy atom. The number of nitrogens with zero attached hydrogens (tertiary/aromatic N) is 2. The van der Waals surface area contributed by atoms with E-state index in [1.54, 1.807) is 6.20 Å². The molecule has 1 saturated heterocycles. The molecule has 5 nitrogen and oxygen atoms in total. The zero-order chi connectivity index (χ0) is 18.5. The Hall–Kier alpha value is -2.69. The monoisotopic (exact) mass is 352 g/mol. The lowest BCUT2D eigenvalue weighted by atomic mass is 9.93. The molecule has 3 rings (SSSR count). The van der Waals surface area contributed by atoms with Crippen molar-refractivity contribution in [1.82, 2.24) is 9.88 Å². The molecule has 5 heteroatoms. The minimum Gasteiger partial charge on any atom is -0.469 e. The van der Waals surface area contributed by atoms with Crippen molar-refractivity contribution in [2.75, 3.05) is 13.7 Å². The third-order valence-electron chi connectivity index (χ3n) is 5.04. The van der Waals surface area contributed by atoms with Crippen LogP contribution in [0.25, 0.3) is 11.1 Å². The van der Waals surface area contributed by atoms with Gasteiger partial charge in [0, 0.05) is 25.0 Å². The molecule has 1 fully saturated rings. The molecule has 0 aliphatic carbocycles. The summed E-state index contributed by atoms with van der Waals surface area (Å²) in [6.07, 6.45) is 5.51. The number of likely N-dealkylation sites (tertiary alicyclic amines) is 1. The molecule has 26 heavy (non-hydrogen) atoms. The number of benzene rings is 1. The maximum atomic E-state index is 12.8.